The number of pyridine rings is 1. The monoisotopic (exact) mass is 310 g/mol. The fourth-order valence-corrected chi connectivity index (χ4v) is 1.45. The molecule has 0 saturated heterocycles. The Hall–Kier alpha value is -2.31. The van der Waals surface area contributed by atoms with E-state index in [9.17, 15) is 14.4 Å². The van der Waals surface area contributed by atoms with Crippen molar-refractivity contribution in [2.24, 2.45) is 0 Å². The molecule has 1 rings (SSSR count). The Morgan fingerprint density at radius 3 is 2.09 bits per heavy atom. The molecular formula is C15H22N2O5. The van der Waals surface area contributed by atoms with Crippen LogP contribution in [-0.2, 0) is 9.47 Å². The molecular weight excluding hydrogens is 288 g/mol. The molecule has 1 N–H and O–H groups in total. The van der Waals surface area contributed by atoms with Crippen LogP contribution in [0.5, 0.6) is 0 Å². The van der Waals surface area contributed by atoms with E-state index in [0.29, 0.717) is 0 Å². The Morgan fingerprint density at radius 2 is 1.59 bits per heavy atom. The number of hydrogen-bond acceptors (Lipinski definition) is 5. The van der Waals surface area contributed by atoms with E-state index >= 15 is 0 Å². The molecule has 0 saturated carbocycles. The number of carbonyl (C=O) groups excluding carboxylic acids is 2. The summed E-state index contributed by atoms with van der Waals surface area (Å²) in [7, 11) is 0. The van der Waals surface area contributed by atoms with Crippen molar-refractivity contribution in [3.05, 3.63) is 34.2 Å². The lowest BCUT2D eigenvalue weighted by Crippen LogP contribution is -2.33. The largest absolute Gasteiger partial charge is 0.456 e. The van der Waals surface area contributed by atoms with Crippen molar-refractivity contribution in [1.82, 2.24) is 4.68 Å². The van der Waals surface area contributed by atoms with Gasteiger partial charge < -0.3 is 9.47 Å². The van der Waals surface area contributed by atoms with Crippen LogP contribution in [0.3, 0.4) is 0 Å². The summed E-state index contributed by atoms with van der Waals surface area (Å²) >= 11 is 0. The minimum atomic E-state index is -0.752. The third-order valence-corrected chi connectivity index (χ3v) is 2.16. The van der Waals surface area contributed by atoms with Gasteiger partial charge in [0, 0.05) is 18.5 Å². The molecule has 1 aromatic heterocycles. The molecule has 7 nitrogen and oxygen atoms in total. The SMILES string of the molecule is CC(C)(C)OC(=O)Nn1ccc(=O)c(C(=O)OC(C)(C)C)c1. The highest BCUT2D eigenvalue weighted by atomic mass is 16.6. The minimum Gasteiger partial charge on any atom is -0.456 e. The van der Waals surface area contributed by atoms with E-state index in [0.717, 1.165) is 6.07 Å². The van der Waals surface area contributed by atoms with Gasteiger partial charge in [0.05, 0.1) is 0 Å². The van der Waals surface area contributed by atoms with Crippen LogP contribution >= 0.6 is 0 Å². The number of aromatic nitrogens is 1. The van der Waals surface area contributed by atoms with E-state index < -0.39 is 28.7 Å². The average Bonchev–Trinajstić information content (AvgIpc) is 2.26. The number of hydrogen-bond donors (Lipinski definition) is 1. The lowest BCUT2D eigenvalue weighted by Gasteiger charge is -2.21. The van der Waals surface area contributed by atoms with Crippen molar-refractivity contribution in [2.45, 2.75) is 52.7 Å². The van der Waals surface area contributed by atoms with Crippen LogP contribution < -0.4 is 10.9 Å². The number of rotatable bonds is 2. The molecule has 0 atom stereocenters. The second-order valence-corrected chi connectivity index (χ2v) is 6.75. The second-order valence-electron chi connectivity index (χ2n) is 6.75. The van der Waals surface area contributed by atoms with Crippen molar-refractivity contribution in [3.63, 3.8) is 0 Å². The van der Waals surface area contributed by atoms with Gasteiger partial charge in [-0.25, -0.2) is 15.0 Å². The number of carbonyl (C=O) groups is 2. The topological polar surface area (TPSA) is 86.6 Å². The molecule has 1 heterocycles. The zero-order chi connectivity index (χ0) is 17.1. The molecule has 7 heteroatoms. The first kappa shape index (κ1) is 17.7. The zero-order valence-corrected chi connectivity index (χ0v) is 13.7. The summed E-state index contributed by atoms with van der Waals surface area (Å²) in [6, 6.07) is 1.16. The maximum Gasteiger partial charge on any atom is 0.426 e. The van der Waals surface area contributed by atoms with Gasteiger partial charge >= 0.3 is 12.1 Å². The molecule has 0 aromatic carbocycles. The lowest BCUT2D eigenvalue weighted by atomic mass is 10.2. The smallest absolute Gasteiger partial charge is 0.426 e. The highest BCUT2D eigenvalue weighted by molar-refractivity contribution is 5.89. The average molecular weight is 310 g/mol. The zero-order valence-electron chi connectivity index (χ0n) is 13.7. The van der Waals surface area contributed by atoms with Crippen LogP contribution in [0.4, 0.5) is 4.79 Å². The van der Waals surface area contributed by atoms with Crippen molar-refractivity contribution < 1.29 is 19.1 Å². The van der Waals surface area contributed by atoms with Gasteiger partial charge in [-0.15, -0.1) is 0 Å². The summed E-state index contributed by atoms with van der Waals surface area (Å²) in [6.45, 7) is 10.3. The van der Waals surface area contributed by atoms with Crippen LogP contribution in [0.2, 0.25) is 0 Å². The maximum absolute atomic E-state index is 12.0. The molecule has 1 amide bonds. The van der Waals surface area contributed by atoms with Gasteiger partial charge in [0.15, 0.2) is 5.43 Å². The van der Waals surface area contributed by atoms with Crippen molar-refractivity contribution in [2.75, 3.05) is 5.43 Å². The van der Waals surface area contributed by atoms with Crippen LogP contribution in [-0.4, -0.2) is 27.9 Å². The molecule has 0 unspecified atom stereocenters. The van der Waals surface area contributed by atoms with Crippen molar-refractivity contribution >= 4 is 12.1 Å². The van der Waals surface area contributed by atoms with E-state index in [1.54, 1.807) is 41.5 Å². The van der Waals surface area contributed by atoms with Gasteiger partial charge in [0.2, 0.25) is 0 Å². The summed E-state index contributed by atoms with van der Waals surface area (Å²) in [5.74, 6) is -0.752. The van der Waals surface area contributed by atoms with Gasteiger partial charge in [-0.2, -0.15) is 0 Å². The third kappa shape index (κ3) is 5.99. The lowest BCUT2D eigenvalue weighted by molar-refractivity contribution is 0.00666. The number of ether oxygens (including phenoxy) is 2. The van der Waals surface area contributed by atoms with Gasteiger partial charge in [0.1, 0.15) is 16.8 Å². The Labute approximate surface area is 129 Å². The molecule has 0 aliphatic carbocycles. The van der Waals surface area contributed by atoms with E-state index in [4.69, 9.17) is 9.47 Å². The molecule has 0 aliphatic rings. The molecule has 22 heavy (non-hydrogen) atoms. The Bertz CT molecular complexity index is 620. The quantitative estimate of drug-likeness (QED) is 0.847. The number of esters is 1. The normalized spacial score (nSPS) is 11.7. The van der Waals surface area contributed by atoms with E-state index in [1.165, 1.54) is 17.1 Å². The standard InChI is InChI=1S/C15H22N2O5/c1-14(2,3)21-12(19)10-9-17(8-7-11(10)18)16-13(20)22-15(4,5)6/h7-9H,1-6H3,(H,16,20). The number of nitrogens with zero attached hydrogens (tertiary/aromatic N) is 1. The number of nitrogens with one attached hydrogen (secondary N) is 1. The molecule has 0 aliphatic heterocycles. The summed E-state index contributed by atoms with van der Waals surface area (Å²) in [4.78, 5) is 35.4. The highest BCUT2D eigenvalue weighted by Gasteiger charge is 2.21. The van der Waals surface area contributed by atoms with E-state index in [1.807, 2.05) is 0 Å². The molecule has 0 spiro atoms. The first-order valence-corrected chi connectivity index (χ1v) is 6.83. The molecule has 0 bridgehead atoms. The van der Waals surface area contributed by atoms with Gasteiger partial charge in [-0.3, -0.25) is 9.47 Å². The fraction of sp³-hybridized carbons (Fsp3) is 0.533. The highest BCUT2D eigenvalue weighted by Crippen LogP contribution is 2.10. The predicted octanol–water partition coefficient (Wildman–Crippen LogP) is 2.28. The summed E-state index contributed by atoms with van der Waals surface area (Å²) in [5, 5.41) is 0. The maximum atomic E-state index is 12.0. The van der Waals surface area contributed by atoms with E-state index in [-0.39, 0.29) is 5.56 Å². The van der Waals surface area contributed by atoms with E-state index in [2.05, 4.69) is 5.43 Å². The fourth-order valence-electron chi connectivity index (χ4n) is 1.45. The van der Waals surface area contributed by atoms with Crippen LogP contribution in [0.15, 0.2) is 23.3 Å². The Morgan fingerprint density at radius 1 is 1.05 bits per heavy atom. The number of amides is 1. The second kappa shape index (κ2) is 6.21. The predicted molar refractivity (Wildman–Crippen MR) is 81.5 cm³/mol. The van der Waals surface area contributed by atoms with Crippen LogP contribution in [0.1, 0.15) is 51.9 Å². The molecule has 0 radical (unpaired) electrons. The van der Waals surface area contributed by atoms with Crippen LogP contribution in [0, 0.1) is 0 Å². The Balaban J connectivity index is 2.93. The summed E-state index contributed by atoms with van der Waals surface area (Å²) < 4.78 is 11.4. The summed E-state index contributed by atoms with van der Waals surface area (Å²) in [5.41, 5.74) is 0.355. The summed E-state index contributed by atoms with van der Waals surface area (Å²) in [6.07, 6.45) is 1.81. The molecule has 1 aromatic rings. The van der Waals surface area contributed by atoms with Gasteiger partial charge in [-0.05, 0) is 41.5 Å². The minimum absolute atomic E-state index is 0.173. The van der Waals surface area contributed by atoms with Crippen molar-refractivity contribution in [3.8, 4) is 0 Å². The van der Waals surface area contributed by atoms with Crippen molar-refractivity contribution in [1.29, 1.82) is 0 Å². The van der Waals surface area contributed by atoms with Gasteiger partial charge in [0.25, 0.3) is 0 Å². The van der Waals surface area contributed by atoms with Gasteiger partial charge in [-0.1, -0.05) is 0 Å². The first-order chi connectivity index (χ1) is 9.87. The molecule has 0 fully saturated rings. The van der Waals surface area contributed by atoms with Crippen LogP contribution in [0.25, 0.3) is 0 Å². The third-order valence-electron chi connectivity index (χ3n) is 2.16. The molecule has 122 valence electrons. The Kier molecular flexibility index (Phi) is 5.01. The first-order valence-electron chi connectivity index (χ1n) is 6.83.